The van der Waals surface area contributed by atoms with Gasteiger partial charge in [-0.15, -0.1) is 4.80 Å². The number of hydrogen-bond acceptors (Lipinski definition) is 7. The lowest BCUT2D eigenvalue weighted by Gasteiger charge is -2.32. The number of fused-ring (bicyclic) bond motifs is 1. The van der Waals surface area contributed by atoms with Crippen LogP contribution >= 0.6 is 0 Å². The first-order chi connectivity index (χ1) is 12.3. The van der Waals surface area contributed by atoms with Gasteiger partial charge in [-0.05, 0) is 11.6 Å². The third-order valence-electron chi connectivity index (χ3n) is 4.11. The molecule has 4 rings (SSSR count). The summed E-state index contributed by atoms with van der Waals surface area (Å²) in [6.45, 7) is 0.392. The molecule has 2 aromatic heterocycles. The van der Waals surface area contributed by atoms with E-state index in [1.54, 1.807) is 24.8 Å². The summed E-state index contributed by atoms with van der Waals surface area (Å²) >= 11 is 0. The van der Waals surface area contributed by atoms with Crippen LogP contribution in [0.4, 0.5) is 0 Å². The maximum Gasteiger partial charge on any atom is 0.177 e. The first-order valence-electron chi connectivity index (χ1n) is 7.88. The fourth-order valence-corrected chi connectivity index (χ4v) is 2.99. The Labute approximate surface area is 143 Å². The Hall–Kier alpha value is -3.26. The van der Waals surface area contributed by atoms with Crippen molar-refractivity contribution in [2.24, 2.45) is 10.7 Å². The van der Waals surface area contributed by atoms with Crippen LogP contribution in [0.2, 0.25) is 0 Å². The van der Waals surface area contributed by atoms with Crippen molar-refractivity contribution in [2.75, 3.05) is 6.61 Å². The van der Waals surface area contributed by atoms with E-state index in [0.29, 0.717) is 18.2 Å². The number of rotatable bonds is 3. The van der Waals surface area contributed by atoms with E-state index in [2.05, 4.69) is 20.2 Å². The van der Waals surface area contributed by atoms with Crippen molar-refractivity contribution in [3.8, 4) is 0 Å². The highest BCUT2D eigenvalue weighted by Gasteiger charge is 2.28. The molecule has 0 saturated heterocycles. The molecule has 8 heteroatoms. The van der Waals surface area contributed by atoms with Gasteiger partial charge in [0.1, 0.15) is 11.9 Å². The van der Waals surface area contributed by atoms with E-state index in [0.717, 1.165) is 16.5 Å². The highest BCUT2D eigenvalue weighted by molar-refractivity contribution is 5.90. The van der Waals surface area contributed by atoms with E-state index in [1.165, 1.54) is 4.80 Å². The lowest BCUT2D eigenvalue weighted by Crippen LogP contribution is -2.47. The molecule has 25 heavy (non-hydrogen) atoms. The Kier molecular flexibility index (Phi) is 3.87. The first-order valence-corrected chi connectivity index (χ1v) is 7.88. The number of nitrogens with two attached hydrogens (primary N) is 1. The Bertz CT molecular complexity index is 943. The number of nitrogens with zero attached hydrogens (tertiary/aromatic N) is 6. The molecule has 1 aliphatic rings. The largest absolute Gasteiger partial charge is 0.394 e. The van der Waals surface area contributed by atoms with Crippen molar-refractivity contribution in [2.45, 2.75) is 12.6 Å². The van der Waals surface area contributed by atoms with Gasteiger partial charge in [0, 0.05) is 24.3 Å². The summed E-state index contributed by atoms with van der Waals surface area (Å²) in [5, 5.41) is 19.2. The predicted octanol–water partition coefficient (Wildman–Crippen LogP) is 0.707. The molecule has 0 aliphatic carbocycles. The summed E-state index contributed by atoms with van der Waals surface area (Å²) in [4.78, 5) is 12.1. The Morgan fingerprint density at radius 2 is 1.88 bits per heavy atom. The predicted molar refractivity (Wildman–Crippen MR) is 93.3 cm³/mol. The number of aromatic nitrogens is 4. The molecular weight excluding hydrogens is 318 g/mol. The van der Waals surface area contributed by atoms with Crippen molar-refractivity contribution in [3.05, 3.63) is 66.5 Å². The molecule has 0 fully saturated rings. The zero-order chi connectivity index (χ0) is 17.2. The van der Waals surface area contributed by atoms with E-state index < -0.39 is 6.04 Å². The minimum Gasteiger partial charge on any atom is -0.394 e. The highest BCUT2D eigenvalue weighted by atomic mass is 16.3. The molecule has 0 spiro atoms. The molecule has 1 aromatic carbocycles. The van der Waals surface area contributed by atoms with Crippen LogP contribution in [0, 0.1) is 0 Å². The van der Waals surface area contributed by atoms with Gasteiger partial charge in [0.15, 0.2) is 5.84 Å². The second kappa shape index (κ2) is 6.33. The third-order valence-corrected chi connectivity index (χ3v) is 4.11. The summed E-state index contributed by atoms with van der Waals surface area (Å²) in [5.41, 5.74) is 7.93. The van der Waals surface area contributed by atoms with Gasteiger partial charge in [0.2, 0.25) is 0 Å². The van der Waals surface area contributed by atoms with Crippen LogP contribution in [0.15, 0.2) is 65.9 Å². The molecule has 0 bridgehead atoms. The molecule has 1 aliphatic heterocycles. The fraction of sp³-hybridized carbons (Fsp3) is 0.176. The molecule has 1 unspecified atom stereocenters. The summed E-state index contributed by atoms with van der Waals surface area (Å²) in [7, 11) is 0. The Morgan fingerprint density at radius 3 is 2.68 bits per heavy atom. The monoisotopic (exact) mass is 335 g/mol. The van der Waals surface area contributed by atoms with Gasteiger partial charge in [-0.1, -0.05) is 24.3 Å². The molecule has 3 aromatic rings. The van der Waals surface area contributed by atoms with E-state index in [-0.39, 0.29) is 6.61 Å². The smallest absolute Gasteiger partial charge is 0.177 e. The van der Waals surface area contributed by atoms with Crippen molar-refractivity contribution >= 4 is 16.7 Å². The second-order valence-electron chi connectivity index (χ2n) is 5.71. The normalized spacial score (nSPS) is 17.5. The molecule has 1 atom stereocenters. The zero-order valence-electron chi connectivity index (χ0n) is 13.4. The van der Waals surface area contributed by atoms with Crippen LogP contribution in [0.25, 0.3) is 10.9 Å². The molecule has 3 heterocycles. The third kappa shape index (κ3) is 2.83. The summed E-state index contributed by atoms with van der Waals surface area (Å²) < 4.78 is 0. The van der Waals surface area contributed by atoms with Crippen molar-refractivity contribution in [3.63, 3.8) is 0 Å². The molecule has 8 nitrogen and oxygen atoms in total. The lowest BCUT2D eigenvalue weighted by atomic mass is 10.1. The number of benzene rings is 1. The molecule has 0 radical (unpaired) electrons. The fourth-order valence-electron chi connectivity index (χ4n) is 2.99. The van der Waals surface area contributed by atoms with Gasteiger partial charge in [0.25, 0.3) is 0 Å². The van der Waals surface area contributed by atoms with Crippen molar-refractivity contribution in [1.29, 1.82) is 0 Å². The van der Waals surface area contributed by atoms with E-state index in [1.807, 2.05) is 35.2 Å². The minimum atomic E-state index is -0.404. The Morgan fingerprint density at radius 1 is 1.08 bits per heavy atom. The Balaban J connectivity index is 1.71. The summed E-state index contributed by atoms with van der Waals surface area (Å²) in [6.07, 6.45) is 6.63. The maximum atomic E-state index is 9.93. The number of para-hydroxylation sites is 1. The number of aliphatic hydroxyl groups is 1. The van der Waals surface area contributed by atoms with Crippen molar-refractivity contribution in [1.82, 2.24) is 24.9 Å². The molecule has 0 amide bonds. The van der Waals surface area contributed by atoms with Crippen molar-refractivity contribution < 1.29 is 5.11 Å². The standard InChI is InChI=1S/C17H17N7O/c18-15-10-23(14(11-25)17(22-15)24-20-7-8-21-24)9-13-4-1-3-12-5-2-6-19-16(12)13/h1-8,10,14,25H,9,11,18H2. The van der Waals surface area contributed by atoms with E-state index in [9.17, 15) is 5.11 Å². The molecule has 0 saturated carbocycles. The van der Waals surface area contributed by atoms with Crippen LogP contribution in [-0.4, -0.2) is 48.5 Å². The van der Waals surface area contributed by atoms with Gasteiger partial charge >= 0.3 is 0 Å². The van der Waals surface area contributed by atoms with Crippen LogP contribution in [0.5, 0.6) is 0 Å². The molecular formula is C17H17N7O. The average molecular weight is 335 g/mol. The van der Waals surface area contributed by atoms with Gasteiger partial charge in [-0.3, -0.25) is 4.98 Å². The van der Waals surface area contributed by atoms with Crippen LogP contribution in [0.3, 0.4) is 0 Å². The van der Waals surface area contributed by atoms with Gasteiger partial charge in [-0.25, -0.2) is 4.99 Å². The quantitative estimate of drug-likeness (QED) is 0.730. The first kappa shape index (κ1) is 15.3. The number of hydrogen-bond donors (Lipinski definition) is 2. The SMILES string of the molecule is NC1=CN(Cc2cccc3cccnc23)C(CO)C(n2nccn2)=N1. The van der Waals surface area contributed by atoms with Crippen LogP contribution in [-0.2, 0) is 6.54 Å². The average Bonchev–Trinajstić information content (AvgIpc) is 3.16. The highest BCUT2D eigenvalue weighted by Crippen LogP contribution is 2.21. The van der Waals surface area contributed by atoms with Crippen LogP contribution in [0.1, 0.15) is 5.56 Å². The van der Waals surface area contributed by atoms with Gasteiger partial charge in [0.05, 0.1) is 24.5 Å². The maximum absolute atomic E-state index is 9.93. The summed E-state index contributed by atoms with van der Waals surface area (Å²) in [6, 6.07) is 9.57. The summed E-state index contributed by atoms with van der Waals surface area (Å²) in [5.74, 6) is 0.825. The van der Waals surface area contributed by atoms with Gasteiger partial charge in [-0.2, -0.15) is 10.2 Å². The van der Waals surface area contributed by atoms with E-state index in [4.69, 9.17) is 5.73 Å². The topological polar surface area (TPSA) is 105 Å². The lowest BCUT2D eigenvalue weighted by molar-refractivity contribution is 0.193. The number of pyridine rings is 1. The van der Waals surface area contributed by atoms with Gasteiger partial charge < -0.3 is 15.7 Å². The minimum absolute atomic E-state index is 0.137. The van der Waals surface area contributed by atoms with Crippen LogP contribution < -0.4 is 5.73 Å². The van der Waals surface area contributed by atoms with E-state index >= 15 is 0 Å². The number of aliphatic imine (C=N–C) groups is 1. The number of aliphatic hydroxyl groups excluding tert-OH is 1. The zero-order valence-corrected chi connectivity index (χ0v) is 13.4. The molecule has 3 N–H and O–H groups in total. The molecule has 126 valence electrons. The second-order valence-corrected chi connectivity index (χ2v) is 5.71.